The van der Waals surface area contributed by atoms with Crippen LogP contribution in [0.4, 0.5) is 18.9 Å². The summed E-state index contributed by atoms with van der Waals surface area (Å²) in [5.41, 5.74) is -0.0566. The number of halogens is 4. The average Bonchev–Trinajstić information content (AvgIpc) is 2.76. The highest BCUT2D eigenvalue weighted by molar-refractivity contribution is 9.10. The maximum Gasteiger partial charge on any atom is 0.416 e. The number of hydrogen-bond donors (Lipinski definition) is 1. The standard InChI is InChI=1S/C23H15BrF3NO4S/c24-18-8-1-14(2-9-18)13-33-21(12-15-3-10-19(28(31)32)20(29)11-15)22(30)16-4-6-17(7-5-16)23(25,26)27/h1-12,29H,13H2/b21-12+. The zero-order valence-corrected chi connectivity index (χ0v) is 19.1. The lowest BCUT2D eigenvalue weighted by Crippen LogP contribution is -2.06. The molecule has 33 heavy (non-hydrogen) atoms. The van der Waals surface area contributed by atoms with Gasteiger partial charge in [-0.15, -0.1) is 11.8 Å². The van der Waals surface area contributed by atoms with Gasteiger partial charge in [0.05, 0.1) is 15.4 Å². The van der Waals surface area contributed by atoms with Gasteiger partial charge in [-0.2, -0.15) is 13.2 Å². The van der Waals surface area contributed by atoms with E-state index in [1.807, 2.05) is 24.3 Å². The molecule has 5 nitrogen and oxygen atoms in total. The second kappa shape index (κ2) is 10.2. The summed E-state index contributed by atoms with van der Waals surface area (Å²) in [6, 6.07) is 14.9. The number of Topliss-reactive ketones (excluding diaryl/α,β-unsaturated/α-hetero) is 1. The molecule has 0 unspecified atom stereocenters. The summed E-state index contributed by atoms with van der Waals surface area (Å²) in [5.74, 6) is -0.679. The van der Waals surface area contributed by atoms with Crippen LogP contribution in [0.15, 0.2) is 76.1 Å². The summed E-state index contributed by atoms with van der Waals surface area (Å²) in [6.45, 7) is 0. The molecule has 0 fully saturated rings. The number of carbonyl (C=O) groups is 1. The van der Waals surface area contributed by atoms with Gasteiger partial charge < -0.3 is 5.11 Å². The third kappa shape index (κ3) is 6.45. The fourth-order valence-corrected chi connectivity index (χ4v) is 4.05. The second-order valence-corrected chi connectivity index (χ2v) is 8.77. The van der Waals surface area contributed by atoms with Gasteiger partial charge in [0.1, 0.15) is 0 Å². The van der Waals surface area contributed by atoms with Gasteiger partial charge in [0.15, 0.2) is 11.5 Å². The lowest BCUT2D eigenvalue weighted by Gasteiger charge is -2.10. The van der Waals surface area contributed by atoms with Gasteiger partial charge in [0.25, 0.3) is 0 Å². The average molecular weight is 538 g/mol. The number of phenolic OH excluding ortho intramolecular Hbond substituents is 1. The largest absolute Gasteiger partial charge is 0.502 e. The zero-order valence-electron chi connectivity index (χ0n) is 16.7. The number of nitro groups is 1. The number of nitrogens with zero attached hydrogens (tertiary/aromatic N) is 1. The summed E-state index contributed by atoms with van der Waals surface area (Å²) in [5, 5.41) is 20.8. The minimum atomic E-state index is -4.52. The Hall–Kier alpha value is -3.11. The normalized spacial score (nSPS) is 11.9. The molecular formula is C23H15BrF3NO4S. The Morgan fingerprint density at radius 1 is 1.06 bits per heavy atom. The van der Waals surface area contributed by atoms with Gasteiger partial charge in [0.2, 0.25) is 0 Å². The lowest BCUT2D eigenvalue weighted by molar-refractivity contribution is -0.385. The van der Waals surface area contributed by atoms with Crippen molar-refractivity contribution in [2.75, 3.05) is 0 Å². The number of allylic oxidation sites excluding steroid dienone is 1. The molecule has 170 valence electrons. The molecule has 0 saturated heterocycles. The van der Waals surface area contributed by atoms with Gasteiger partial charge >= 0.3 is 11.9 Å². The summed E-state index contributed by atoms with van der Waals surface area (Å²) in [6.07, 6.45) is -3.08. The minimum Gasteiger partial charge on any atom is -0.502 e. The fraction of sp³-hybridized carbons (Fsp3) is 0.0870. The number of phenols is 1. The molecule has 3 aromatic carbocycles. The van der Waals surface area contributed by atoms with E-state index in [0.717, 1.165) is 58.2 Å². The van der Waals surface area contributed by atoms with E-state index in [1.54, 1.807) is 0 Å². The predicted octanol–water partition coefficient (Wildman–Crippen LogP) is 7.24. The van der Waals surface area contributed by atoms with Gasteiger partial charge in [-0.05, 0) is 53.6 Å². The van der Waals surface area contributed by atoms with Crippen LogP contribution in [0.2, 0.25) is 0 Å². The summed E-state index contributed by atoms with van der Waals surface area (Å²) >= 11 is 4.50. The van der Waals surface area contributed by atoms with E-state index in [0.29, 0.717) is 11.3 Å². The van der Waals surface area contributed by atoms with Crippen molar-refractivity contribution >= 4 is 45.2 Å². The van der Waals surface area contributed by atoms with Crippen molar-refractivity contribution in [2.24, 2.45) is 0 Å². The molecule has 0 aliphatic rings. The van der Waals surface area contributed by atoms with Crippen molar-refractivity contribution in [1.29, 1.82) is 0 Å². The molecule has 0 amide bonds. The monoisotopic (exact) mass is 537 g/mol. The number of thioether (sulfide) groups is 1. The van der Waals surface area contributed by atoms with Crippen LogP contribution in [0, 0.1) is 10.1 Å². The molecule has 0 atom stereocenters. The fourth-order valence-electron chi connectivity index (χ4n) is 2.80. The number of hydrogen-bond acceptors (Lipinski definition) is 5. The first kappa shape index (κ1) is 24.5. The third-order valence-electron chi connectivity index (χ3n) is 4.50. The first-order valence-corrected chi connectivity index (χ1v) is 11.1. The van der Waals surface area contributed by atoms with E-state index in [9.17, 15) is 33.2 Å². The molecule has 0 bridgehead atoms. The molecule has 0 aromatic heterocycles. The zero-order chi connectivity index (χ0) is 24.2. The van der Waals surface area contributed by atoms with E-state index in [4.69, 9.17) is 0 Å². The molecule has 10 heteroatoms. The Labute approximate surface area is 199 Å². The topological polar surface area (TPSA) is 80.4 Å². The SMILES string of the molecule is O=C(/C(=C\c1ccc([N+](=O)[O-])c(O)c1)SCc1ccc(Br)cc1)c1ccc(C(F)(F)F)cc1. The van der Waals surface area contributed by atoms with E-state index < -0.39 is 33.9 Å². The van der Waals surface area contributed by atoms with Crippen molar-refractivity contribution in [3.8, 4) is 5.75 Å². The Balaban J connectivity index is 1.94. The van der Waals surface area contributed by atoms with Crippen LogP contribution in [0.3, 0.4) is 0 Å². The van der Waals surface area contributed by atoms with Crippen LogP contribution in [-0.2, 0) is 11.9 Å². The molecule has 0 heterocycles. The number of aromatic hydroxyl groups is 1. The summed E-state index contributed by atoms with van der Waals surface area (Å²) < 4.78 is 39.4. The van der Waals surface area contributed by atoms with Crippen molar-refractivity contribution in [1.82, 2.24) is 0 Å². The van der Waals surface area contributed by atoms with E-state index >= 15 is 0 Å². The lowest BCUT2D eigenvalue weighted by atomic mass is 10.1. The van der Waals surface area contributed by atoms with Crippen LogP contribution in [0.25, 0.3) is 6.08 Å². The maximum atomic E-state index is 13.1. The number of rotatable bonds is 7. The Morgan fingerprint density at radius 2 is 1.70 bits per heavy atom. The highest BCUT2D eigenvalue weighted by Crippen LogP contribution is 2.33. The van der Waals surface area contributed by atoms with Crippen LogP contribution in [0.1, 0.15) is 27.0 Å². The number of carbonyl (C=O) groups excluding carboxylic acids is 1. The molecular weight excluding hydrogens is 523 g/mol. The van der Waals surface area contributed by atoms with Crippen LogP contribution >= 0.6 is 27.7 Å². The number of nitro benzene ring substituents is 1. The van der Waals surface area contributed by atoms with Crippen molar-refractivity contribution in [2.45, 2.75) is 11.9 Å². The minimum absolute atomic E-state index is 0.0590. The first-order chi connectivity index (χ1) is 15.5. The van der Waals surface area contributed by atoms with E-state index in [1.165, 1.54) is 12.1 Å². The van der Waals surface area contributed by atoms with Crippen LogP contribution in [-0.4, -0.2) is 15.8 Å². The van der Waals surface area contributed by atoms with E-state index in [-0.39, 0.29) is 10.5 Å². The number of benzene rings is 3. The Bertz CT molecular complexity index is 1210. The molecule has 0 spiro atoms. The Kier molecular flexibility index (Phi) is 7.60. The predicted molar refractivity (Wildman–Crippen MR) is 124 cm³/mol. The van der Waals surface area contributed by atoms with Crippen molar-refractivity contribution in [3.05, 3.63) is 108 Å². The van der Waals surface area contributed by atoms with Crippen LogP contribution < -0.4 is 0 Å². The maximum absolute atomic E-state index is 13.1. The quantitative estimate of drug-likeness (QED) is 0.149. The second-order valence-electron chi connectivity index (χ2n) is 6.83. The number of ketones is 1. The van der Waals surface area contributed by atoms with Gasteiger partial charge in [-0.3, -0.25) is 14.9 Å². The number of alkyl halides is 3. The molecule has 3 aromatic rings. The molecule has 0 aliphatic carbocycles. The summed E-state index contributed by atoms with van der Waals surface area (Å²) in [7, 11) is 0. The highest BCUT2D eigenvalue weighted by atomic mass is 79.9. The van der Waals surface area contributed by atoms with Gasteiger partial charge in [0, 0.05) is 21.9 Å². The third-order valence-corrected chi connectivity index (χ3v) is 6.12. The van der Waals surface area contributed by atoms with Crippen LogP contribution in [0.5, 0.6) is 5.75 Å². The smallest absolute Gasteiger partial charge is 0.416 e. The van der Waals surface area contributed by atoms with Gasteiger partial charge in [-0.25, -0.2) is 0 Å². The molecule has 0 saturated carbocycles. The first-order valence-electron chi connectivity index (χ1n) is 9.33. The Morgan fingerprint density at radius 3 is 2.24 bits per heavy atom. The summed E-state index contributed by atoms with van der Waals surface area (Å²) in [4.78, 5) is 23.5. The molecule has 3 rings (SSSR count). The van der Waals surface area contributed by atoms with Crippen molar-refractivity contribution < 1.29 is 28.0 Å². The van der Waals surface area contributed by atoms with Crippen molar-refractivity contribution in [3.63, 3.8) is 0 Å². The highest BCUT2D eigenvalue weighted by Gasteiger charge is 2.30. The molecule has 1 N–H and O–H groups in total. The van der Waals surface area contributed by atoms with Gasteiger partial charge in [-0.1, -0.05) is 40.2 Å². The molecule has 0 radical (unpaired) electrons. The van der Waals surface area contributed by atoms with E-state index in [2.05, 4.69) is 15.9 Å². The molecule has 0 aliphatic heterocycles.